The van der Waals surface area contributed by atoms with E-state index in [9.17, 15) is 4.79 Å². The van der Waals surface area contributed by atoms with Gasteiger partial charge in [0.2, 0.25) is 0 Å². The van der Waals surface area contributed by atoms with Gasteiger partial charge >= 0.3 is 0 Å². The molecule has 0 aromatic heterocycles. The first-order valence-electron chi connectivity index (χ1n) is 5.51. The van der Waals surface area contributed by atoms with Crippen LogP contribution in [0.4, 0.5) is 0 Å². The molecule has 0 saturated carbocycles. The Balaban J connectivity index is 2.21. The van der Waals surface area contributed by atoms with Gasteiger partial charge < -0.3 is 5.32 Å². The Kier molecular flexibility index (Phi) is 3.04. The van der Waals surface area contributed by atoms with Gasteiger partial charge in [0.15, 0.2) is 0 Å². The summed E-state index contributed by atoms with van der Waals surface area (Å²) in [4.78, 5) is 11.7. The monoisotopic (exact) mass is 237 g/mol. The van der Waals surface area contributed by atoms with Crippen molar-refractivity contribution in [1.82, 2.24) is 5.32 Å². The molecule has 1 heterocycles. The smallest absolute Gasteiger partial charge is 0.136 e. The highest BCUT2D eigenvalue weighted by Gasteiger charge is 2.32. The van der Waals surface area contributed by atoms with Gasteiger partial charge in [0, 0.05) is 29.4 Å². The van der Waals surface area contributed by atoms with Gasteiger partial charge in [0.1, 0.15) is 5.78 Å². The van der Waals surface area contributed by atoms with Crippen LogP contribution in [0.25, 0.3) is 0 Å². The largest absolute Gasteiger partial charge is 0.304 e. The molecule has 16 heavy (non-hydrogen) atoms. The minimum absolute atomic E-state index is 0.111. The van der Waals surface area contributed by atoms with E-state index in [2.05, 4.69) is 19.2 Å². The van der Waals surface area contributed by atoms with Crippen LogP contribution in [0.5, 0.6) is 0 Å². The maximum Gasteiger partial charge on any atom is 0.136 e. The Labute approximate surface area is 101 Å². The summed E-state index contributed by atoms with van der Waals surface area (Å²) in [7, 11) is 0. The fourth-order valence-electron chi connectivity index (χ4n) is 2.26. The number of hydrogen-bond acceptors (Lipinski definition) is 2. The average Bonchev–Trinajstić information content (AvgIpc) is 2.15. The number of Topliss-reactive ketones (excluding diaryl/α,β-unsaturated/α-hetero) is 1. The molecule has 86 valence electrons. The van der Waals surface area contributed by atoms with E-state index in [0.717, 1.165) is 10.6 Å². The molecule has 0 spiro atoms. The highest BCUT2D eigenvalue weighted by molar-refractivity contribution is 6.30. The summed E-state index contributed by atoms with van der Waals surface area (Å²) in [5.74, 6) is 0.323. The minimum atomic E-state index is -0.111. The van der Waals surface area contributed by atoms with E-state index < -0.39 is 0 Å². The van der Waals surface area contributed by atoms with Gasteiger partial charge in [0.25, 0.3) is 0 Å². The summed E-state index contributed by atoms with van der Waals surface area (Å²) in [6, 6.07) is 7.81. The molecule has 2 nitrogen and oxygen atoms in total. The van der Waals surface area contributed by atoms with Crippen LogP contribution in [0, 0.1) is 0 Å². The Hall–Kier alpha value is -0.860. The Morgan fingerprint density at radius 3 is 2.50 bits per heavy atom. The van der Waals surface area contributed by atoms with Crippen LogP contribution in [0.3, 0.4) is 0 Å². The average molecular weight is 238 g/mol. The second-order valence-electron chi connectivity index (χ2n) is 5.05. The molecule has 1 fully saturated rings. The predicted molar refractivity (Wildman–Crippen MR) is 65.6 cm³/mol. The number of ketones is 1. The third kappa shape index (κ3) is 2.63. The molecule has 0 amide bonds. The molecule has 1 aromatic carbocycles. The summed E-state index contributed by atoms with van der Waals surface area (Å²) >= 11 is 5.85. The quantitative estimate of drug-likeness (QED) is 0.813. The van der Waals surface area contributed by atoms with Gasteiger partial charge in [-0.3, -0.25) is 4.79 Å². The molecule has 1 atom stereocenters. The molecule has 0 aliphatic carbocycles. The predicted octanol–water partition coefficient (Wildman–Crippen LogP) is 3.11. The molecule has 0 radical (unpaired) electrons. The first-order valence-corrected chi connectivity index (χ1v) is 5.89. The first kappa shape index (κ1) is 11.6. The van der Waals surface area contributed by atoms with Crippen molar-refractivity contribution in [3.8, 4) is 0 Å². The second-order valence-corrected chi connectivity index (χ2v) is 5.49. The van der Waals surface area contributed by atoms with Gasteiger partial charge in [-0.05, 0) is 31.5 Å². The maximum atomic E-state index is 11.7. The lowest BCUT2D eigenvalue weighted by atomic mass is 9.86. The van der Waals surface area contributed by atoms with Crippen LogP contribution in [0.15, 0.2) is 24.3 Å². The van der Waals surface area contributed by atoms with E-state index in [1.165, 1.54) is 0 Å². The van der Waals surface area contributed by atoms with Crippen LogP contribution in [-0.4, -0.2) is 11.3 Å². The molecule has 1 saturated heterocycles. The van der Waals surface area contributed by atoms with E-state index >= 15 is 0 Å². The number of benzene rings is 1. The molecule has 3 heteroatoms. The minimum Gasteiger partial charge on any atom is -0.304 e. The topological polar surface area (TPSA) is 29.1 Å². The number of rotatable bonds is 1. The Bertz CT molecular complexity index is 397. The fourth-order valence-corrected chi connectivity index (χ4v) is 2.39. The van der Waals surface area contributed by atoms with Crippen LogP contribution in [0.2, 0.25) is 5.02 Å². The van der Waals surface area contributed by atoms with Crippen LogP contribution < -0.4 is 5.32 Å². The number of nitrogens with one attached hydrogen (secondary N) is 1. The van der Waals surface area contributed by atoms with E-state index in [4.69, 9.17) is 11.6 Å². The highest BCUT2D eigenvalue weighted by atomic mass is 35.5. The molecule has 1 unspecified atom stereocenters. The number of piperidine rings is 1. The molecule has 0 bridgehead atoms. The fraction of sp³-hybridized carbons (Fsp3) is 0.462. The van der Waals surface area contributed by atoms with Gasteiger partial charge in [-0.15, -0.1) is 0 Å². The van der Waals surface area contributed by atoms with Crippen molar-refractivity contribution >= 4 is 17.4 Å². The molecule has 1 aliphatic heterocycles. The Morgan fingerprint density at radius 2 is 1.94 bits per heavy atom. The molecule has 1 aliphatic rings. The van der Waals surface area contributed by atoms with E-state index in [1.54, 1.807) is 0 Å². The number of carbonyl (C=O) groups is 1. The van der Waals surface area contributed by atoms with E-state index in [0.29, 0.717) is 18.6 Å². The van der Waals surface area contributed by atoms with Gasteiger partial charge in [-0.2, -0.15) is 0 Å². The normalized spacial score (nSPS) is 24.4. The summed E-state index contributed by atoms with van der Waals surface area (Å²) in [5, 5.41) is 4.22. The number of carbonyl (C=O) groups excluding carboxylic acids is 1. The van der Waals surface area contributed by atoms with Crippen molar-refractivity contribution in [2.24, 2.45) is 0 Å². The molecule has 2 rings (SSSR count). The van der Waals surface area contributed by atoms with E-state index in [1.807, 2.05) is 24.3 Å². The molecular formula is C13H16ClNO. The van der Waals surface area contributed by atoms with Crippen molar-refractivity contribution in [2.45, 2.75) is 38.3 Å². The second kappa shape index (κ2) is 4.19. The first-order chi connectivity index (χ1) is 7.46. The van der Waals surface area contributed by atoms with Crippen molar-refractivity contribution in [3.63, 3.8) is 0 Å². The van der Waals surface area contributed by atoms with Crippen LogP contribution in [-0.2, 0) is 4.79 Å². The van der Waals surface area contributed by atoms with Gasteiger partial charge in [0.05, 0.1) is 0 Å². The van der Waals surface area contributed by atoms with Crippen molar-refractivity contribution in [3.05, 3.63) is 34.9 Å². The summed E-state index contributed by atoms with van der Waals surface area (Å²) in [5.41, 5.74) is 1.02. The molecule has 1 N–H and O–H groups in total. The SMILES string of the molecule is CC1(C)CC(=O)CC(c2ccc(Cl)cc2)N1. The van der Waals surface area contributed by atoms with Crippen molar-refractivity contribution in [2.75, 3.05) is 0 Å². The number of hydrogen-bond donors (Lipinski definition) is 1. The summed E-state index contributed by atoms with van der Waals surface area (Å²) in [6.07, 6.45) is 1.18. The molecular weight excluding hydrogens is 222 g/mol. The lowest BCUT2D eigenvalue weighted by molar-refractivity contribution is -0.122. The summed E-state index contributed by atoms with van der Waals surface area (Å²) < 4.78 is 0. The van der Waals surface area contributed by atoms with Gasteiger partial charge in [-0.1, -0.05) is 23.7 Å². The zero-order valence-electron chi connectivity index (χ0n) is 9.59. The van der Waals surface area contributed by atoms with E-state index in [-0.39, 0.29) is 11.6 Å². The Morgan fingerprint density at radius 1 is 1.31 bits per heavy atom. The summed E-state index contributed by atoms with van der Waals surface area (Å²) in [6.45, 7) is 4.12. The lowest BCUT2D eigenvalue weighted by Crippen LogP contribution is -2.48. The third-order valence-electron chi connectivity index (χ3n) is 2.91. The third-order valence-corrected chi connectivity index (χ3v) is 3.16. The van der Waals surface area contributed by atoms with Gasteiger partial charge in [-0.25, -0.2) is 0 Å². The number of halogens is 1. The zero-order valence-corrected chi connectivity index (χ0v) is 10.3. The highest BCUT2D eigenvalue weighted by Crippen LogP contribution is 2.29. The van der Waals surface area contributed by atoms with Crippen molar-refractivity contribution < 1.29 is 4.79 Å². The standard InChI is InChI=1S/C13H16ClNO/c1-13(2)8-11(16)7-12(15-13)9-3-5-10(14)6-4-9/h3-6,12,15H,7-8H2,1-2H3. The zero-order chi connectivity index (χ0) is 11.8. The van der Waals surface area contributed by atoms with Crippen molar-refractivity contribution in [1.29, 1.82) is 0 Å². The lowest BCUT2D eigenvalue weighted by Gasteiger charge is -2.36. The molecule has 1 aromatic rings. The van der Waals surface area contributed by atoms with Crippen LogP contribution in [0.1, 0.15) is 38.3 Å². The van der Waals surface area contributed by atoms with Crippen LogP contribution >= 0.6 is 11.6 Å². The maximum absolute atomic E-state index is 11.7.